The Bertz CT molecular complexity index is 782. The number of hydrogen-bond donors (Lipinski definition) is 1. The van der Waals surface area contributed by atoms with E-state index in [0.717, 1.165) is 11.3 Å². The Labute approximate surface area is 108 Å². The number of hydrogen-bond acceptors (Lipinski definition) is 4. The van der Waals surface area contributed by atoms with Crippen LogP contribution in [-0.2, 0) is 7.05 Å². The maximum Gasteiger partial charge on any atom is 0.332 e. The average Bonchev–Trinajstić information content (AvgIpc) is 2.98. The number of aryl methyl sites for hydroxylation is 1. The summed E-state index contributed by atoms with van der Waals surface area (Å²) in [4.78, 5) is 11.9. The number of benzene rings is 1. The maximum atomic E-state index is 11.9. The van der Waals surface area contributed by atoms with Gasteiger partial charge in [0.25, 0.3) is 0 Å². The molecule has 0 fully saturated rings. The van der Waals surface area contributed by atoms with Crippen molar-refractivity contribution in [1.29, 1.82) is 0 Å². The molecule has 0 radical (unpaired) electrons. The van der Waals surface area contributed by atoms with E-state index in [0.29, 0.717) is 11.6 Å². The normalized spacial score (nSPS) is 10.8. The first kappa shape index (κ1) is 11.3. The third-order valence-electron chi connectivity index (χ3n) is 2.88. The van der Waals surface area contributed by atoms with Crippen LogP contribution in [0.4, 0.5) is 5.82 Å². The van der Waals surface area contributed by atoms with Gasteiger partial charge in [-0.3, -0.25) is 4.57 Å². The van der Waals surface area contributed by atoms with Gasteiger partial charge in [-0.1, -0.05) is 17.3 Å². The van der Waals surface area contributed by atoms with Crippen LogP contribution in [0.2, 0.25) is 0 Å². The second kappa shape index (κ2) is 4.16. The van der Waals surface area contributed by atoms with Crippen molar-refractivity contribution in [3.8, 4) is 17.0 Å². The number of anilines is 1. The molecule has 0 spiro atoms. The molecule has 0 aliphatic carbocycles. The van der Waals surface area contributed by atoms with Crippen molar-refractivity contribution in [2.75, 3.05) is 5.73 Å². The second-order valence-corrected chi connectivity index (χ2v) is 4.23. The van der Waals surface area contributed by atoms with Crippen LogP contribution in [0.1, 0.15) is 0 Å². The third-order valence-corrected chi connectivity index (χ3v) is 2.88. The molecule has 0 aliphatic rings. The van der Waals surface area contributed by atoms with E-state index in [1.807, 2.05) is 24.3 Å². The smallest absolute Gasteiger partial charge is 0.332 e. The third kappa shape index (κ3) is 1.93. The highest BCUT2D eigenvalue weighted by molar-refractivity contribution is 5.62. The van der Waals surface area contributed by atoms with E-state index < -0.39 is 0 Å². The molecule has 0 saturated carbocycles. The SMILES string of the molecule is Cn1ccn(-c2cccc(-c3cc(N)no3)c2)c1=O. The lowest BCUT2D eigenvalue weighted by Gasteiger charge is -2.03. The number of rotatable bonds is 2. The van der Waals surface area contributed by atoms with Crippen LogP contribution in [0.25, 0.3) is 17.0 Å². The lowest BCUT2D eigenvalue weighted by atomic mass is 10.1. The quantitative estimate of drug-likeness (QED) is 0.752. The highest BCUT2D eigenvalue weighted by atomic mass is 16.5. The van der Waals surface area contributed by atoms with E-state index in [4.69, 9.17) is 10.3 Å². The van der Waals surface area contributed by atoms with Gasteiger partial charge in [0.1, 0.15) is 0 Å². The zero-order chi connectivity index (χ0) is 13.4. The molecule has 0 bridgehead atoms. The molecule has 0 aliphatic heterocycles. The number of nitrogens with two attached hydrogens (primary N) is 1. The van der Waals surface area contributed by atoms with Gasteiger partial charge in [-0.25, -0.2) is 4.79 Å². The van der Waals surface area contributed by atoms with Crippen molar-refractivity contribution >= 4 is 5.82 Å². The fourth-order valence-corrected chi connectivity index (χ4v) is 1.89. The Balaban J connectivity index is 2.10. The number of imidazole rings is 1. The van der Waals surface area contributed by atoms with E-state index in [2.05, 4.69) is 5.16 Å². The number of nitrogens with zero attached hydrogens (tertiary/aromatic N) is 3. The Morgan fingerprint density at radius 1 is 1.26 bits per heavy atom. The van der Waals surface area contributed by atoms with Gasteiger partial charge in [0.15, 0.2) is 11.6 Å². The van der Waals surface area contributed by atoms with E-state index >= 15 is 0 Å². The van der Waals surface area contributed by atoms with Crippen molar-refractivity contribution in [2.24, 2.45) is 7.05 Å². The number of aromatic nitrogens is 3. The molecule has 2 N–H and O–H groups in total. The second-order valence-electron chi connectivity index (χ2n) is 4.23. The first-order chi connectivity index (χ1) is 9.15. The molecule has 0 unspecified atom stereocenters. The standard InChI is InChI=1S/C13H12N4O2/c1-16-5-6-17(13(16)18)10-4-2-3-9(7-10)11-8-12(14)15-19-11/h2-8H,1H3,(H2,14,15). The summed E-state index contributed by atoms with van der Waals surface area (Å²) < 4.78 is 8.18. The molecule has 3 aromatic rings. The summed E-state index contributed by atoms with van der Waals surface area (Å²) in [6.07, 6.45) is 3.43. The molecule has 6 heteroatoms. The van der Waals surface area contributed by atoms with E-state index in [1.165, 1.54) is 4.57 Å². The molecule has 2 heterocycles. The molecule has 6 nitrogen and oxygen atoms in total. The minimum atomic E-state index is -0.103. The van der Waals surface area contributed by atoms with Crippen molar-refractivity contribution < 1.29 is 4.52 Å². The fraction of sp³-hybridized carbons (Fsp3) is 0.0769. The summed E-state index contributed by atoms with van der Waals surface area (Å²) in [5.41, 5.74) is 7.01. The molecule has 0 saturated heterocycles. The Hall–Kier alpha value is -2.76. The largest absolute Gasteiger partial charge is 0.381 e. The molecule has 19 heavy (non-hydrogen) atoms. The van der Waals surface area contributed by atoms with Crippen LogP contribution in [0.3, 0.4) is 0 Å². The summed E-state index contributed by atoms with van der Waals surface area (Å²) in [6, 6.07) is 9.07. The molecule has 1 aromatic carbocycles. The Morgan fingerprint density at radius 3 is 2.74 bits per heavy atom. The van der Waals surface area contributed by atoms with Crippen LogP contribution in [0.15, 0.2) is 52.0 Å². The predicted molar refractivity (Wildman–Crippen MR) is 70.9 cm³/mol. The minimum absolute atomic E-state index is 0.103. The molecule has 0 amide bonds. The van der Waals surface area contributed by atoms with Gasteiger partial charge in [-0.05, 0) is 12.1 Å². The van der Waals surface area contributed by atoms with Crippen LogP contribution in [0.5, 0.6) is 0 Å². The first-order valence-electron chi connectivity index (χ1n) is 5.72. The van der Waals surface area contributed by atoms with Gasteiger partial charge in [-0.2, -0.15) is 0 Å². The highest BCUT2D eigenvalue weighted by Gasteiger charge is 2.08. The number of nitrogen functional groups attached to an aromatic ring is 1. The maximum absolute atomic E-state index is 11.9. The van der Waals surface area contributed by atoms with Crippen LogP contribution >= 0.6 is 0 Å². The van der Waals surface area contributed by atoms with Gasteiger partial charge >= 0.3 is 5.69 Å². The molecule has 96 valence electrons. The van der Waals surface area contributed by atoms with Gasteiger partial charge in [-0.15, -0.1) is 0 Å². The van der Waals surface area contributed by atoms with Crippen LogP contribution < -0.4 is 11.4 Å². The minimum Gasteiger partial charge on any atom is -0.381 e. The molecule has 3 rings (SSSR count). The van der Waals surface area contributed by atoms with Crippen LogP contribution in [0, 0.1) is 0 Å². The molecule has 0 atom stereocenters. The van der Waals surface area contributed by atoms with Crippen molar-refractivity contribution in [2.45, 2.75) is 0 Å². The average molecular weight is 256 g/mol. The van der Waals surface area contributed by atoms with Gasteiger partial charge in [0, 0.05) is 31.1 Å². The first-order valence-corrected chi connectivity index (χ1v) is 5.72. The molecular formula is C13H12N4O2. The summed E-state index contributed by atoms with van der Waals surface area (Å²) in [7, 11) is 1.71. The Kier molecular flexibility index (Phi) is 2.49. The van der Waals surface area contributed by atoms with Gasteiger partial charge < -0.3 is 14.8 Å². The van der Waals surface area contributed by atoms with E-state index in [-0.39, 0.29) is 5.69 Å². The highest BCUT2D eigenvalue weighted by Crippen LogP contribution is 2.23. The fourth-order valence-electron chi connectivity index (χ4n) is 1.89. The summed E-state index contributed by atoms with van der Waals surface area (Å²) in [5, 5.41) is 3.65. The Morgan fingerprint density at radius 2 is 2.11 bits per heavy atom. The summed E-state index contributed by atoms with van der Waals surface area (Å²) >= 11 is 0. The van der Waals surface area contributed by atoms with Gasteiger partial charge in [0.05, 0.1) is 5.69 Å². The van der Waals surface area contributed by atoms with E-state index in [1.54, 1.807) is 30.1 Å². The van der Waals surface area contributed by atoms with Crippen molar-refractivity contribution in [3.05, 3.63) is 53.2 Å². The topological polar surface area (TPSA) is 79.0 Å². The zero-order valence-electron chi connectivity index (χ0n) is 10.3. The van der Waals surface area contributed by atoms with Crippen LogP contribution in [-0.4, -0.2) is 14.3 Å². The van der Waals surface area contributed by atoms with E-state index in [9.17, 15) is 4.79 Å². The molecule has 2 aromatic heterocycles. The van der Waals surface area contributed by atoms with Crippen molar-refractivity contribution in [1.82, 2.24) is 14.3 Å². The molecular weight excluding hydrogens is 244 g/mol. The van der Waals surface area contributed by atoms with Crippen molar-refractivity contribution in [3.63, 3.8) is 0 Å². The predicted octanol–water partition coefficient (Wildman–Crippen LogP) is 1.41. The lowest BCUT2D eigenvalue weighted by Crippen LogP contribution is -2.20. The monoisotopic (exact) mass is 256 g/mol. The zero-order valence-corrected chi connectivity index (χ0v) is 10.3. The summed E-state index contributed by atoms with van der Waals surface area (Å²) in [6.45, 7) is 0. The lowest BCUT2D eigenvalue weighted by molar-refractivity contribution is 0.436. The van der Waals surface area contributed by atoms with Gasteiger partial charge in [0.2, 0.25) is 0 Å². The summed E-state index contributed by atoms with van der Waals surface area (Å²) in [5.74, 6) is 0.903.